The predicted molar refractivity (Wildman–Crippen MR) is 97.1 cm³/mol. The van der Waals surface area contributed by atoms with Gasteiger partial charge in [0.1, 0.15) is 11.7 Å². The Morgan fingerprint density at radius 1 is 0.920 bits per heavy atom. The van der Waals surface area contributed by atoms with Crippen LogP contribution in [0.2, 0.25) is 0 Å². The Morgan fingerprint density at radius 2 is 1.44 bits per heavy atom. The van der Waals surface area contributed by atoms with Gasteiger partial charge in [-0.3, -0.25) is 9.59 Å². The molecule has 0 aliphatic carbocycles. The fourth-order valence-electron chi connectivity index (χ4n) is 2.80. The number of allylic oxidation sites excluding steroid dienone is 2. The van der Waals surface area contributed by atoms with E-state index in [-0.39, 0.29) is 17.6 Å². The maximum atomic E-state index is 13.0. The first-order chi connectivity index (χ1) is 12.0. The number of anilines is 2. The van der Waals surface area contributed by atoms with E-state index in [1.165, 1.54) is 22.2 Å². The second-order valence-electron chi connectivity index (χ2n) is 6.22. The van der Waals surface area contributed by atoms with Crippen LogP contribution in [0, 0.1) is 5.92 Å². The lowest BCUT2D eigenvalue weighted by Gasteiger charge is -2.27. The van der Waals surface area contributed by atoms with Gasteiger partial charge < -0.3 is 5.11 Å². The van der Waals surface area contributed by atoms with Gasteiger partial charge in [0.25, 0.3) is 11.8 Å². The van der Waals surface area contributed by atoms with E-state index in [4.69, 9.17) is 0 Å². The number of rotatable bonds is 4. The molecular formula is C20H20N2O3. The first-order valence-electron chi connectivity index (χ1n) is 8.14. The van der Waals surface area contributed by atoms with Crippen LogP contribution in [0.25, 0.3) is 0 Å². The molecule has 3 rings (SSSR count). The Labute approximate surface area is 146 Å². The summed E-state index contributed by atoms with van der Waals surface area (Å²) < 4.78 is 0. The second-order valence-corrected chi connectivity index (χ2v) is 6.22. The average molecular weight is 336 g/mol. The number of hydrazine groups is 1. The third-order valence-electron chi connectivity index (χ3n) is 4.07. The Balaban J connectivity index is 2.05. The summed E-state index contributed by atoms with van der Waals surface area (Å²) in [5, 5.41) is 12.3. The molecule has 5 nitrogen and oxygen atoms in total. The van der Waals surface area contributed by atoms with E-state index in [2.05, 4.69) is 0 Å². The van der Waals surface area contributed by atoms with Gasteiger partial charge in [-0.1, -0.05) is 29.8 Å². The maximum absolute atomic E-state index is 13.0. The zero-order valence-corrected chi connectivity index (χ0v) is 14.2. The van der Waals surface area contributed by atoms with Crippen LogP contribution in [0.15, 0.2) is 66.2 Å². The molecule has 128 valence electrons. The van der Waals surface area contributed by atoms with Crippen molar-refractivity contribution >= 4 is 23.2 Å². The molecule has 1 unspecified atom stereocenters. The summed E-state index contributed by atoms with van der Waals surface area (Å²) >= 11 is 0. The fourth-order valence-corrected chi connectivity index (χ4v) is 2.80. The van der Waals surface area contributed by atoms with Gasteiger partial charge >= 0.3 is 0 Å². The number of carbonyl (C=O) groups is 2. The molecule has 2 aromatic carbocycles. The highest BCUT2D eigenvalue weighted by molar-refractivity contribution is 6.23. The fraction of sp³-hybridized carbons (Fsp3) is 0.200. The van der Waals surface area contributed by atoms with Crippen molar-refractivity contribution in [2.45, 2.75) is 20.3 Å². The molecule has 1 aliphatic heterocycles. The third kappa shape index (κ3) is 3.26. The first-order valence-corrected chi connectivity index (χ1v) is 8.14. The number of hydrogen-bond acceptors (Lipinski definition) is 3. The molecule has 0 aromatic heterocycles. The summed E-state index contributed by atoms with van der Waals surface area (Å²) in [5.41, 5.74) is 2.24. The van der Waals surface area contributed by atoms with E-state index < -0.39 is 5.92 Å². The molecule has 1 heterocycles. The molecule has 1 saturated heterocycles. The Kier molecular flexibility index (Phi) is 4.57. The summed E-state index contributed by atoms with van der Waals surface area (Å²) in [6.45, 7) is 3.88. The third-order valence-corrected chi connectivity index (χ3v) is 4.07. The van der Waals surface area contributed by atoms with Gasteiger partial charge in [-0.25, -0.2) is 10.0 Å². The normalized spacial score (nSPS) is 17.1. The van der Waals surface area contributed by atoms with Crippen LogP contribution < -0.4 is 10.0 Å². The topological polar surface area (TPSA) is 60.9 Å². The predicted octanol–water partition coefficient (Wildman–Crippen LogP) is 3.66. The molecule has 1 fully saturated rings. The average Bonchev–Trinajstić information content (AvgIpc) is 2.85. The molecule has 0 bridgehead atoms. The zero-order chi connectivity index (χ0) is 18.0. The van der Waals surface area contributed by atoms with Crippen molar-refractivity contribution in [3.63, 3.8) is 0 Å². The van der Waals surface area contributed by atoms with E-state index in [1.807, 2.05) is 38.1 Å². The molecule has 0 saturated carbocycles. The molecule has 1 N–H and O–H groups in total. The summed E-state index contributed by atoms with van der Waals surface area (Å²) in [6, 6.07) is 15.3. The number of nitrogens with zero attached hydrogens (tertiary/aromatic N) is 2. The standard InChI is InChI=1S/C20H20N2O3/c1-14(2)8-13-18-19(24)21(15-6-4-3-5-7-15)22(20(18)25)16-9-11-17(23)12-10-16/h3-12,18,23H,13H2,1-2H3. The number of amides is 2. The van der Waals surface area contributed by atoms with Gasteiger partial charge in [0.2, 0.25) is 0 Å². The van der Waals surface area contributed by atoms with Gasteiger partial charge in [-0.05, 0) is 56.7 Å². The first kappa shape index (κ1) is 16.8. The second kappa shape index (κ2) is 6.81. The smallest absolute Gasteiger partial charge is 0.259 e. The van der Waals surface area contributed by atoms with Crippen LogP contribution in [0.3, 0.4) is 0 Å². The number of para-hydroxylation sites is 1. The largest absolute Gasteiger partial charge is 0.508 e. The van der Waals surface area contributed by atoms with Crippen molar-refractivity contribution in [1.82, 2.24) is 0 Å². The number of phenols is 1. The van der Waals surface area contributed by atoms with E-state index in [0.717, 1.165) is 5.57 Å². The minimum absolute atomic E-state index is 0.106. The van der Waals surface area contributed by atoms with E-state index in [1.54, 1.807) is 24.3 Å². The molecule has 0 radical (unpaired) electrons. The Hall–Kier alpha value is -3.08. The van der Waals surface area contributed by atoms with Crippen LogP contribution in [0.4, 0.5) is 11.4 Å². The SMILES string of the molecule is CC(C)=CCC1C(=O)N(c2ccccc2)N(c2ccc(O)cc2)C1=O. The molecule has 25 heavy (non-hydrogen) atoms. The maximum Gasteiger partial charge on any atom is 0.259 e. The summed E-state index contributed by atoms with van der Waals surface area (Å²) in [5.74, 6) is -1.16. The summed E-state index contributed by atoms with van der Waals surface area (Å²) in [7, 11) is 0. The highest BCUT2D eigenvalue weighted by Crippen LogP contribution is 2.33. The van der Waals surface area contributed by atoms with E-state index in [0.29, 0.717) is 17.8 Å². The number of aromatic hydroxyl groups is 1. The molecule has 2 amide bonds. The van der Waals surface area contributed by atoms with Crippen LogP contribution in [0.1, 0.15) is 20.3 Å². The number of benzene rings is 2. The molecule has 1 aliphatic rings. The number of hydrogen-bond donors (Lipinski definition) is 1. The van der Waals surface area contributed by atoms with Gasteiger partial charge in [0.05, 0.1) is 11.4 Å². The van der Waals surface area contributed by atoms with Crippen molar-refractivity contribution in [3.8, 4) is 5.75 Å². The highest BCUT2D eigenvalue weighted by atomic mass is 16.3. The lowest BCUT2D eigenvalue weighted by molar-refractivity contribution is -0.126. The minimum atomic E-state index is -0.746. The van der Waals surface area contributed by atoms with Crippen molar-refractivity contribution < 1.29 is 14.7 Å². The van der Waals surface area contributed by atoms with Crippen LogP contribution >= 0.6 is 0 Å². The van der Waals surface area contributed by atoms with E-state index >= 15 is 0 Å². The summed E-state index contributed by atoms with van der Waals surface area (Å²) in [6.07, 6.45) is 2.28. The van der Waals surface area contributed by atoms with Gasteiger partial charge in [-0.2, -0.15) is 0 Å². The Bertz CT molecular complexity index is 809. The van der Waals surface area contributed by atoms with Crippen molar-refractivity contribution in [1.29, 1.82) is 0 Å². The molecule has 5 heteroatoms. The molecule has 0 spiro atoms. The molecular weight excluding hydrogens is 316 g/mol. The minimum Gasteiger partial charge on any atom is -0.508 e. The van der Waals surface area contributed by atoms with Gasteiger partial charge in [0.15, 0.2) is 0 Å². The highest BCUT2D eigenvalue weighted by Gasteiger charge is 2.46. The van der Waals surface area contributed by atoms with Crippen molar-refractivity contribution in [3.05, 3.63) is 66.2 Å². The lowest BCUT2D eigenvalue weighted by atomic mass is 10.0. The van der Waals surface area contributed by atoms with Crippen LogP contribution in [0.5, 0.6) is 5.75 Å². The van der Waals surface area contributed by atoms with Crippen LogP contribution in [-0.4, -0.2) is 16.9 Å². The Morgan fingerprint density at radius 3 is 1.96 bits per heavy atom. The van der Waals surface area contributed by atoms with Gasteiger partial charge in [0, 0.05) is 0 Å². The zero-order valence-electron chi connectivity index (χ0n) is 14.2. The van der Waals surface area contributed by atoms with Crippen molar-refractivity contribution in [2.75, 3.05) is 10.0 Å². The summed E-state index contributed by atoms with van der Waals surface area (Å²) in [4.78, 5) is 25.9. The van der Waals surface area contributed by atoms with Gasteiger partial charge in [-0.15, -0.1) is 0 Å². The quantitative estimate of drug-likeness (QED) is 0.685. The lowest BCUT2D eigenvalue weighted by Crippen LogP contribution is -2.41. The number of phenolic OH excluding ortho intramolecular Hbond substituents is 1. The van der Waals surface area contributed by atoms with Crippen molar-refractivity contribution in [2.24, 2.45) is 5.92 Å². The molecule has 1 atom stereocenters. The monoisotopic (exact) mass is 336 g/mol. The number of carbonyl (C=O) groups excluding carboxylic acids is 2. The van der Waals surface area contributed by atoms with E-state index in [9.17, 15) is 14.7 Å². The van der Waals surface area contributed by atoms with Crippen LogP contribution in [-0.2, 0) is 9.59 Å². The molecule has 2 aromatic rings.